The van der Waals surface area contributed by atoms with Crippen LogP contribution < -0.4 is 0 Å². The SMILES string of the molecule is O=S(=O)(OCCC(O)CCl)c1ccccc1. The van der Waals surface area contributed by atoms with E-state index in [1.165, 1.54) is 12.1 Å². The van der Waals surface area contributed by atoms with E-state index in [0.717, 1.165) is 0 Å². The molecular formula is C10H13ClO4S. The lowest BCUT2D eigenvalue weighted by molar-refractivity contribution is 0.160. The highest BCUT2D eigenvalue weighted by atomic mass is 35.5. The van der Waals surface area contributed by atoms with Gasteiger partial charge in [-0.3, -0.25) is 4.18 Å². The van der Waals surface area contributed by atoms with Gasteiger partial charge in [-0.15, -0.1) is 11.6 Å². The second-order valence-corrected chi connectivity index (χ2v) is 5.11. The molecule has 4 nitrogen and oxygen atoms in total. The van der Waals surface area contributed by atoms with Gasteiger partial charge in [0.05, 0.1) is 17.6 Å². The average molecular weight is 265 g/mol. The van der Waals surface area contributed by atoms with Gasteiger partial charge >= 0.3 is 0 Å². The molecule has 0 saturated carbocycles. The molecule has 1 aromatic rings. The molecule has 0 amide bonds. The van der Waals surface area contributed by atoms with Crippen molar-refractivity contribution < 1.29 is 17.7 Å². The van der Waals surface area contributed by atoms with Crippen LogP contribution in [0.4, 0.5) is 0 Å². The van der Waals surface area contributed by atoms with Crippen LogP contribution in [0.5, 0.6) is 0 Å². The first-order chi connectivity index (χ1) is 7.56. The van der Waals surface area contributed by atoms with Crippen molar-refractivity contribution in [3.63, 3.8) is 0 Å². The minimum Gasteiger partial charge on any atom is -0.392 e. The Hall–Kier alpha value is -0.620. The Balaban J connectivity index is 2.54. The van der Waals surface area contributed by atoms with Crippen LogP contribution in [0.25, 0.3) is 0 Å². The van der Waals surface area contributed by atoms with Gasteiger partial charge in [0.1, 0.15) is 0 Å². The second-order valence-electron chi connectivity index (χ2n) is 3.19. The van der Waals surface area contributed by atoms with Gasteiger partial charge in [-0.1, -0.05) is 18.2 Å². The molecule has 0 radical (unpaired) electrons. The summed E-state index contributed by atoms with van der Waals surface area (Å²) in [6.45, 7) is -0.0783. The summed E-state index contributed by atoms with van der Waals surface area (Å²) < 4.78 is 27.9. The molecule has 1 aromatic carbocycles. The van der Waals surface area contributed by atoms with Gasteiger partial charge in [0, 0.05) is 5.88 Å². The van der Waals surface area contributed by atoms with Gasteiger partial charge in [-0.05, 0) is 18.6 Å². The zero-order chi connectivity index (χ0) is 12.0. The minimum absolute atomic E-state index is 0.0642. The van der Waals surface area contributed by atoms with Crippen molar-refractivity contribution in [2.24, 2.45) is 0 Å². The summed E-state index contributed by atoms with van der Waals surface area (Å²) in [7, 11) is -3.72. The summed E-state index contributed by atoms with van der Waals surface area (Å²) in [6, 6.07) is 7.85. The maximum absolute atomic E-state index is 11.6. The molecule has 1 atom stereocenters. The third-order valence-corrected chi connectivity index (χ3v) is 3.58. The molecule has 0 aromatic heterocycles. The van der Waals surface area contributed by atoms with E-state index in [4.69, 9.17) is 20.9 Å². The number of rotatable bonds is 6. The van der Waals surface area contributed by atoms with Crippen molar-refractivity contribution in [3.8, 4) is 0 Å². The van der Waals surface area contributed by atoms with Gasteiger partial charge in [0.15, 0.2) is 0 Å². The third kappa shape index (κ3) is 4.09. The van der Waals surface area contributed by atoms with Crippen LogP contribution in [-0.4, -0.2) is 32.1 Å². The second kappa shape index (κ2) is 6.20. The van der Waals surface area contributed by atoms with Crippen LogP contribution >= 0.6 is 11.6 Å². The van der Waals surface area contributed by atoms with E-state index in [2.05, 4.69) is 0 Å². The van der Waals surface area contributed by atoms with Gasteiger partial charge < -0.3 is 5.11 Å². The Morgan fingerprint density at radius 1 is 1.31 bits per heavy atom. The van der Waals surface area contributed by atoms with Gasteiger partial charge in [0.2, 0.25) is 0 Å². The number of aliphatic hydroxyl groups is 1. The van der Waals surface area contributed by atoms with E-state index in [1.807, 2.05) is 0 Å². The fourth-order valence-corrected chi connectivity index (χ4v) is 2.12. The van der Waals surface area contributed by atoms with Crippen molar-refractivity contribution >= 4 is 21.7 Å². The van der Waals surface area contributed by atoms with Gasteiger partial charge in [-0.25, -0.2) is 0 Å². The number of benzene rings is 1. The van der Waals surface area contributed by atoms with Crippen molar-refractivity contribution in [2.75, 3.05) is 12.5 Å². The lowest BCUT2D eigenvalue weighted by Gasteiger charge is -2.07. The van der Waals surface area contributed by atoms with E-state index in [0.29, 0.717) is 0 Å². The molecule has 1 N–H and O–H groups in total. The van der Waals surface area contributed by atoms with Crippen LogP contribution in [0.2, 0.25) is 0 Å². The van der Waals surface area contributed by atoms with Crippen molar-refractivity contribution in [1.29, 1.82) is 0 Å². The summed E-state index contributed by atoms with van der Waals surface area (Å²) in [5.41, 5.74) is 0. The molecule has 0 fully saturated rings. The fraction of sp³-hybridized carbons (Fsp3) is 0.400. The smallest absolute Gasteiger partial charge is 0.296 e. The zero-order valence-corrected chi connectivity index (χ0v) is 10.1. The Bertz CT molecular complexity index is 404. The van der Waals surface area contributed by atoms with Crippen molar-refractivity contribution in [1.82, 2.24) is 0 Å². The number of alkyl halides is 1. The van der Waals surface area contributed by atoms with E-state index in [-0.39, 0.29) is 23.8 Å². The van der Waals surface area contributed by atoms with Crippen LogP contribution in [0, 0.1) is 0 Å². The molecule has 0 aliphatic heterocycles. The van der Waals surface area contributed by atoms with Crippen molar-refractivity contribution in [2.45, 2.75) is 17.4 Å². The Morgan fingerprint density at radius 3 is 2.50 bits per heavy atom. The Labute approximate surface area is 99.9 Å². The first-order valence-electron chi connectivity index (χ1n) is 4.75. The highest BCUT2D eigenvalue weighted by Crippen LogP contribution is 2.11. The summed E-state index contributed by atoms with van der Waals surface area (Å²) in [6.07, 6.45) is -0.553. The normalized spacial score (nSPS) is 13.6. The molecule has 0 saturated heterocycles. The summed E-state index contributed by atoms with van der Waals surface area (Å²) in [5.74, 6) is 0.0642. The van der Waals surface area contributed by atoms with Crippen LogP contribution in [0.15, 0.2) is 35.2 Å². The lowest BCUT2D eigenvalue weighted by atomic mass is 10.3. The topological polar surface area (TPSA) is 63.6 Å². The minimum atomic E-state index is -3.72. The lowest BCUT2D eigenvalue weighted by Crippen LogP contribution is -2.15. The predicted molar refractivity (Wildman–Crippen MR) is 60.9 cm³/mol. The quantitative estimate of drug-likeness (QED) is 0.623. The zero-order valence-electron chi connectivity index (χ0n) is 8.54. The maximum Gasteiger partial charge on any atom is 0.296 e. The molecule has 1 rings (SSSR count). The molecule has 6 heteroatoms. The first-order valence-corrected chi connectivity index (χ1v) is 6.69. The molecule has 1 unspecified atom stereocenters. The Morgan fingerprint density at radius 2 is 1.94 bits per heavy atom. The van der Waals surface area contributed by atoms with Gasteiger partial charge in [-0.2, -0.15) is 8.42 Å². The summed E-state index contributed by atoms with van der Waals surface area (Å²) >= 11 is 5.36. The summed E-state index contributed by atoms with van der Waals surface area (Å²) in [5, 5.41) is 9.12. The van der Waals surface area contributed by atoms with Crippen LogP contribution in [-0.2, 0) is 14.3 Å². The highest BCUT2D eigenvalue weighted by molar-refractivity contribution is 7.86. The molecule has 0 bridgehead atoms. The largest absolute Gasteiger partial charge is 0.392 e. The Kier molecular flexibility index (Phi) is 5.21. The number of hydrogen-bond acceptors (Lipinski definition) is 4. The molecule has 0 aliphatic rings. The van der Waals surface area contributed by atoms with Crippen LogP contribution in [0.1, 0.15) is 6.42 Å². The molecule has 0 spiro atoms. The van der Waals surface area contributed by atoms with Gasteiger partial charge in [0.25, 0.3) is 10.1 Å². The fourth-order valence-electron chi connectivity index (χ4n) is 1.03. The summed E-state index contributed by atoms with van der Waals surface area (Å²) in [4.78, 5) is 0.107. The van der Waals surface area contributed by atoms with E-state index >= 15 is 0 Å². The van der Waals surface area contributed by atoms with E-state index < -0.39 is 16.2 Å². The van der Waals surface area contributed by atoms with Crippen LogP contribution in [0.3, 0.4) is 0 Å². The maximum atomic E-state index is 11.6. The monoisotopic (exact) mass is 264 g/mol. The van der Waals surface area contributed by atoms with Crippen molar-refractivity contribution in [3.05, 3.63) is 30.3 Å². The highest BCUT2D eigenvalue weighted by Gasteiger charge is 2.14. The predicted octanol–water partition coefficient (Wildman–Crippen LogP) is 1.38. The van der Waals surface area contributed by atoms with E-state index in [1.54, 1.807) is 18.2 Å². The number of aliphatic hydroxyl groups excluding tert-OH is 1. The number of halogens is 1. The molecule has 0 heterocycles. The molecule has 0 aliphatic carbocycles. The molecular weight excluding hydrogens is 252 g/mol. The third-order valence-electron chi connectivity index (χ3n) is 1.90. The van der Waals surface area contributed by atoms with E-state index in [9.17, 15) is 8.42 Å². The standard InChI is InChI=1S/C10H13ClO4S/c11-8-9(12)6-7-15-16(13,14)10-4-2-1-3-5-10/h1-5,9,12H,6-8H2. The number of hydrogen-bond donors (Lipinski definition) is 1. The first kappa shape index (κ1) is 13.4. The molecule has 90 valence electrons. The average Bonchev–Trinajstić information content (AvgIpc) is 2.30. The molecule has 16 heavy (non-hydrogen) atoms.